The fourth-order valence-electron chi connectivity index (χ4n) is 8.22. The molecule has 0 spiro atoms. The van der Waals surface area contributed by atoms with Gasteiger partial charge in [-0.1, -0.05) is 219 Å². The number of carbonyl (C=O) groups is 1. The van der Waals surface area contributed by atoms with Crippen molar-refractivity contribution in [3.8, 4) is 0 Å². The standard InChI is InChI=1S/C47H91NO8/c1-3-5-7-9-11-13-15-17-18-19-20-21-22-23-24-25-27-29-31-33-35-37-41(50)48-39(38-54-46-44(53)43(52)45-47(55-45)56-46)42(51)40(49)36-34-32-30-28-26-16-14-12-10-8-6-4-2/h39-40,42-47,49,51-53H,3-38H2,1-2H3,(H,48,50)/t39-,40+,42-,43?,44?,45?,46?,47?/m0/s1. The van der Waals surface area contributed by atoms with Crippen LogP contribution in [-0.2, 0) is 19.0 Å². The molecule has 1 amide bonds. The number of hydrogen-bond acceptors (Lipinski definition) is 8. The van der Waals surface area contributed by atoms with Crippen molar-refractivity contribution in [1.82, 2.24) is 5.32 Å². The molecule has 0 aliphatic carbocycles. The van der Waals surface area contributed by atoms with Crippen molar-refractivity contribution in [2.45, 2.75) is 288 Å². The Kier molecular flexibility index (Phi) is 32.1. The van der Waals surface area contributed by atoms with E-state index in [1.807, 2.05) is 0 Å². The molecule has 2 aliphatic rings. The average Bonchev–Trinajstić information content (AvgIpc) is 3.98. The first-order chi connectivity index (χ1) is 27.4. The van der Waals surface area contributed by atoms with Crippen molar-refractivity contribution < 1.29 is 39.4 Å². The molecule has 8 atom stereocenters. The summed E-state index contributed by atoms with van der Waals surface area (Å²) in [5.41, 5.74) is 0. The van der Waals surface area contributed by atoms with E-state index >= 15 is 0 Å². The predicted molar refractivity (Wildman–Crippen MR) is 228 cm³/mol. The highest BCUT2D eigenvalue weighted by atomic mass is 16.8. The van der Waals surface area contributed by atoms with Crippen LogP contribution in [0.5, 0.6) is 0 Å². The van der Waals surface area contributed by atoms with Crippen molar-refractivity contribution in [2.24, 2.45) is 0 Å². The first-order valence-electron chi connectivity index (χ1n) is 24.3. The molecule has 9 heteroatoms. The Hall–Kier alpha value is -0.810. The van der Waals surface area contributed by atoms with Crippen LogP contribution in [0.25, 0.3) is 0 Å². The van der Waals surface area contributed by atoms with E-state index in [0.29, 0.717) is 12.8 Å². The fourth-order valence-corrected chi connectivity index (χ4v) is 8.22. The molecule has 0 bridgehead atoms. The molecule has 0 aromatic heterocycles. The number of ether oxygens (including phenoxy) is 3. The molecule has 9 nitrogen and oxygen atoms in total. The van der Waals surface area contributed by atoms with Crippen LogP contribution in [0.1, 0.15) is 239 Å². The summed E-state index contributed by atoms with van der Waals surface area (Å²) in [6, 6.07) is -0.879. The summed E-state index contributed by atoms with van der Waals surface area (Å²) >= 11 is 0. The quantitative estimate of drug-likeness (QED) is 0.0304. The van der Waals surface area contributed by atoms with Crippen LogP contribution < -0.4 is 5.32 Å². The summed E-state index contributed by atoms with van der Waals surface area (Å²) in [6.07, 6.45) is 36.0. The first kappa shape index (κ1) is 51.3. The Balaban J connectivity index is 1.54. The van der Waals surface area contributed by atoms with Crippen LogP contribution in [-0.4, -0.2) is 82.1 Å². The Labute approximate surface area is 344 Å². The summed E-state index contributed by atoms with van der Waals surface area (Å²) in [5.74, 6) is -0.191. The van der Waals surface area contributed by atoms with Gasteiger partial charge in [0, 0.05) is 6.42 Å². The minimum absolute atomic E-state index is 0.173. The normalized spacial score (nSPS) is 22.1. The molecule has 0 aromatic rings. The van der Waals surface area contributed by atoms with Crippen molar-refractivity contribution >= 4 is 5.91 Å². The third-order valence-corrected chi connectivity index (χ3v) is 12.2. The summed E-state index contributed by atoms with van der Waals surface area (Å²) in [4.78, 5) is 13.0. The highest BCUT2D eigenvalue weighted by Crippen LogP contribution is 2.36. The number of carbonyl (C=O) groups excluding carboxylic acids is 1. The number of aliphatic hydroxyl groups excluding tert-OH is 4. The summed E-state index contributed by atoms with van der Waals surface area (Å²) in [5, 5.41) is 45.5. The fraction of sp³-hybridized carbons (Fsp3) is 0.979. The van der Waals surface area contributed by atoms with Crippen LogP contribution in [0.2, 0.25) is 0 Å². The van der Waals surface area contributed by atoms with Crippen LogP contribution in [0.4, 0.5) is 0 Å². The highest BCUT2D eigenvalue weighted by Gasteiger charge is 2.56. The zero-order valence-electron chi connectivity index (χ0n) is 36.5. The van der Waals surface area contributed by atoms with Gasteiger partial charge in [0.15, 0.2) is 12.6 Å². The van der Waals surface area contributed by atoms with Gasteiger partial charge in [-0.15, -0.1) is 0 Å². The topological polar surface area (TPSA) is 141 Å². The maximum absolute atomic E-state index is 13.0. The van der Waals surface area contributed by atoms with Gasteiger partial charge in [0.25, 0.3) is 0 Å². The Morgan fingerprint density at radius 3 is 1.32 bits per heavy atom. The Morgan fingerprint density at radius 1 is 0.536 bits per heavy atom. The minimum Gasteiger partial charge on any atom is -0.390 e. The second kappa shape index (κ2) is 35.0. The number of amides is 1. The number of fused-ring (bicyclic) bond motifs is 1. The molecule has 5 N–H and O–H groups in total. The smallest absolute Gasteiger partial charge is 0.220 e. The van der Waals surface area contributed by atoms with Crippen molar-refractivity contribution in [3.63, 3.8) is 0 Å². The number of epoxide rings is 1. The van der Waals surface area contributed by atoms with Crippen LogP contribution >= 0.6 is 0 Å². The molecule has 0 radical (unpaired) electrons. The highest BCUT2D eigenvalue weighted by molar-refractivity contribution is 5.76. The second-order valence-electron chi connectivity index (χ2n) is 17.5. The van der Waals surface area contributed by atoms with E-state index in [9.17, 15) is 25.2 Å². The zero-order chi connectivity index (χ0) is 40.5. The van der Waals surface area contributed by atoms with E-state index in [2.05, 4.69) is 19.2 Å². The van der Waals surface area contributed by atoms with Crippen molar-refractivity contribution in [1.29, 1.82) is 0 Å². The van der Waals surface area contributed by atoms with Crippen LogP contribution in [0.3, 0.4) is 0 Å². The van der Waals surface area contributed by atoms with E-state index < -0.39 is 49.1 Å². The molecule has 0 saturated carbocycles. The van der Waals surface area contributed by atoms with E-state index in [1.165, 1.54) is 173 Å². The lowest BCUT2D eigenvalue weighted by atomic mass is 9.99. The number of aliphatic hydroxyl groups is 4. The van der Waals surface area contributed by atoms with Gasteiger partial charge in [0.1, 0.15) is 24.4 Å². The monoisotopic (exact) mass is 798 g/mol. The SMILES string of the molecule is CCCCCCCCCCCCCCCCCCCCCCCC(=O)N[C@@H](COC1OC2OC2C(O)C1O)[C@H](O)[C@H](O)CCCCCCCCCCCCCC. The van der Waals surface area contributed by atoms with E-state index in [1.54, 1.807) is 0 Å². The van der Waals surface area contributed by atoms with Crippen molar-refractivity contribution in [2.75, 3.05) is 6.61 Å². The Bertz CT molecular complexity index is 894. The number of nitrogens with one attached hydrogen (secondary N) is 1. The summed E-state index contributed by atoms with van der Waals surface area (Å²) in [6.45, 7) is 4.36. The minimum atomic E-state index is -1.31. The lowest BCUT2D eigenvalue weighted by Crippen LogP contribution is -2.54. The second-order valence-corrected chi connectivity index (χ2v) is 17.5. The third kappa shape index (κ3) is 25.6. The lowest BCUT2D eigenvalue weighted by molar-refractivity contribution is -0.247. The largest absolute Gasteiger partial charge is 0.390 e. The maximum atomic E-state index is 13.0. The van der Waals surface area contributed by atoms with Gasteiger partial charge < -0.3 is 40.0 Å². The summed E-state index contributed by atoms with van der Waals surface area (Å²) in [7, 11) is 0. The van der Waals surface area contributed by atoms with Gasteiger partial charge in [-0.25, -0.2) is 0 Å². The number of hydrogen-bond donors (Lipinski definition) is 5. The lowest BCUT2D eigenvalue weighted by Gasteiger charge is -2.32. The van der Waals surface area contributed by atoms with E-state index in [-0.39, 0.29) is 12.5 Å². The Morgan fingerprint density at radius 2 is 0.911 bits per heavy atom. The molecule has 0 aromatic carbocycles. The van der Waals surface area contributed by atoms with Crippen LogP contribution in [0.15, 0.2) is 0 Å². The van der Waals surface area contributed by atoms with Gasteiger partial charge in [-0.05, 0) is 12.8 Å². The molecule has 2 heterocycles. The van der Waals surface area contributed by atoms with E-state index in [4.69, 9.17) is 14.2 Å². The van der Waals surface area contributed by atoms with Gasteiger partial charge in [-0.2, -0.15) is 0 Å². The molecule has 332 valence electrons. The first-order valence-corrected chi connectivity index (χ1v) is 24.3. The predicted octanol–water partition coefficient (Wildman–Crippen LogP) is 10.7. The number of rotatable bonds is 41. The summed E-state index contributed by atoms with van der Waals surface area (Å²) < 4.78 is 16.5. The van der Waals surface area contributed by atoms with Crippen LogP contribution in [0, 0.1) is 0 Å². The van der Waals surface area contributed by atoms with E-state index in [0.717, 1.165) is 38.5 Å². The molecular formula is C47H91NO8. The molecule has 56 heavy (non-hydrogen) atoms. The molecule has 2 saturated heterocycles. The maximum Gasteiger partial charge on any atom is 0.220 e. The number of unbranched alkanes of at least 4 members (excludes halogenated alkanes) is 31. The molecule has 2 fully saturated rings. The molecule has 2 aliphatic heterocycles. The van der Waals surface area contributed by atoms with Gasteiger partial charge in [-0.3, -0.25) is 4.79 Å². The van der Waals surface area contributed by atoms with Gasteiger partial charge in [0.05, 0.1) is 18.8 Å². The van der Waals surface area contributed by atoms with Gasteiger partial charge in [0.2, 0.25) is 5.91 Å². The molecular weight excluding hydrogens is 707 g/mol. The third-order valence-electron chi connectivity index (χ3n) is 12.2. The van der Waals surface area contributed by atoms with Crippen molar-refractivity contribution in [3.05, 3.63) is 0 Å². The van der Waals surface area contributed by atoms with Gasteiger partial charge >= 0.3 is 0 Å². The zero-order valence-corrected chi connectivity index (χ0v) is 36.5. The molecule has 5 unspecified atom stereocenters. The average molecular weight is 798 g/mol. The molecule has 2 rings (SSSR count).